The van der Waals surface area contributed by atoms with Crippen LogP contribution < -0.4 is 15.6 Å². The maximum atomic E-state index is 13.0. The average Bonchev–Trinajstić information content (AvgIpc) is 3.52. The Kier molecular flexibility index (Phi) is 6.73. The zero-order valence-electron chi connectivity index (χ0n) is 19.3. The number of β-lactam (4-membered cyclic amide) rings is 1. The van der Waals surface area contributed by atoms with Crippen molar-refractivity contribution >= 4 is 68.5 Å². The fourth-order valence-electron chi connectivity index (χ4n) is 4.05. The second-order valence-electron chi connectivity index (χ2n) is 8.20. The minimum atomic E-state index is -1.33. The van der Waals surface area contributed by atoms with Crippen molar-refractivity contribution in [1.29, 1.82) is 0 Å². The van der Waals surface area contributed by atoms with Gasteiger partial charge in [-0.15, -0.1) is 23.1 Å². The molecule has 5 N–H and O–H groups in total. The SMILES string of the molecule is Nc1cc(C(=NOCC(=O)O)C(=O)NC2C(=O)N3C(C(=O)O)=C(C[n+]4ccc5sccc5c4)CS[C@@H]23)no1. The number of carbonyl (C=O) groups excluding carboxylic acids is 2. The Balaban J connectivity index is 1.34. The van der Waals surface area contributed by atoms with Crippen LogP contribution in [0.4, 0.5) is 5.88 Å². The number of carboxylic acids is 2. The van der Waals surface area contributed by atoms with Crippen LogP contribution in [-0.4, -0.2) is 73.5 Å². The van der Waals surface area contributed by atoms with Gasteiger partial charge in [-0.25, -0.2) is 14.2 Å². The fourth-order valence-corrected chi connectivity index (χ4v) is 6.14. The van der Waals surface area contributed by atoms with Gasteiger partial charge in [-0.3, -0.25) is 14.5 Å². The molecule has 38 heavy (non-hydrogen) atoms. The first-order chi connectivity index (χ1) is 18.2. The Hall–Kier alpha value is -4.44. The Morgan fingerprint density at radius 1 is 1.34 bits per heavy atom. The number of fused-ring (bicyclic) bond motifs is 2. The number of oxime groups is 1. The first kappa shape index (κ1) is 25.2. The summed E-state index contributed by atoms with van der Waals surface area (Å²) < 4.78 is 7.71. The number of carbonyl (C=O) groups is 4. The molecule has 2 aliphatic rings. The lowest BCUT2D eigenvalue weighted by Gasteiger charge is -2.49. The summed E-state index contributed by atoms with van der Waals surface area (Å²) >= 11 is 2.91. The number of amides is 2. The van der Waals surface area contributed by atoms with Gasteiger partial charge in [-0.1, -0.05) is 10.3 Å². The number of thiophene rings is 1. The molecule has 5 heterocycles. The Labute approximate surface area is 221 Å². The molecule has 1 fully saturated rings. The van der Waals surface area contributed by atoms with Gasteiger partial charge < -0.3 is 30.6 Å². The summed E-state index contributed by atoms with van der Waals surface area (Å²) in [5.41, 5.74) is 5.33. The van der Waals surface area contributed by atoms with Crippen LogP contribution >= 0.6 is 23.1 Å². The standard InChI is InChI=1S/C22H18N6O8S2/c23-14-5-12(25-36-14)16(26-35-8-15(29)30)19(31)24-17-20(32)28-18(22(33)34)11(9-38-21(17)28)7-27-3-1-13-10(6-27)2-4-37-13/h1-6,17,21H,7-9H2,(H4-,23,24,25,29,30,31,33,34)/p+1/t17?,21-/m0/s1. The van der Waals surface area contributed by atoms with Crippen LogP contribution in [0.3, 0.4) is 0 Å². The Morgan fingerprint density at radius 2 is 2.16 bits per heavy atom. The second-order valence-corrected chi connectivity index (χ2v) is 10.2. The molecule has 1 unspecified atom stereocenters. The zero-order chi connectivity index (χ0) is 27.0. The van der Waals surface area contributed by atoms with Crippen LogP contribution in [0.2, 0.25) is 0 Å². The number of pyridine rings is 1. The zero-order valence-corrected chi connectivity index (χ0v) is 20.9. The van der Waals surface area contributed by atoms with Crippen LogP contribution in [0.15, 0.2) is 56.9 Å². The van der Waals surface area contributed by atoms with Crippen molar-refractivity contribution in [1.82, 2.24) is 15.4 Å². The summed E-state index contributed by atoms with van der Waals surface area (Å²) in [6.07, 6.45) is 3.77. The quantitative estimate of drug-likeness (QED) is 0.119. The largest absolute Gasteiger partial charge is 0.479 e. The summed E-state index contributed by atoms with van der Waals surface area (Å²) in [7, 11) is 0. The minimum Gasteiger partial charge on any atom is -0.479 e. The van der Waals surface area contributed by atoms with E-state index in [0.717, 1.165) is 15.0 Å². The van der Waals surface area contributed by atoms with E-state index in [9.17, 15) is 24.3 Å². The second kappa shape index (κ2) is 10.1. The molecule has 16 heteroatoms. The predicted octanol–water partition coefficient (Wildman–Crippen LogP) is 0.00310. The van der Waals surface area contributed by atoms with Crippen LogP contribution in [0.25, 0.3) is 10.1 Å². The lowest BCUT2D eigenvalue weighted by molar-refractivity contribution is -0.687. The van der Waals surface area contributed by atoms with E-state index in [1.807, 2.05) is 34.5 Å². The molecule has 0 saturated carbocycles. The summed E-state index contributed by atoms with van der Waals surface area (Å²) in [5.74, 6) is -3.91. The molecule has 3 aromatic rings. The van der Waals surface area contributed by atoms with Crippen LogP contribution in [0.5, 0.6) is 0 Å². The molecule has 0 aromatic carbocycles. The minimum absolute atomic E-state index is 0.120. The number of thioether (sulfide) groups is 1. The molecule has 0 bridgehead atoms. The highest BCUT2D eigenvalue weighted by Gasteiger charge is 2.54. The van der Waals surface area contributed by atoms with E-state index in [4.69, 9.17) is 15.4 Å². The summed E-state index contributed by atoms with van der Waals surface area (Å²) in [6.45, 7) is -0.551. The van der Waals surface area contributed by atoms with E-state index in [1.54, 1.807) is 11.3 Å². The molecule has 0 spiro atoms. The molecule has 2 aliphatic heterocycles. The Bertz CT molecular complexity index is 1530. The normalized spacial score (nSPS) is 19.2. The topological polar surface area (TPSA) is 202 Å². The van der Waals surface area contributed by atoms with Crippen molar-refractivity contribution in [3.63, 3.8) is 0 Å². The number of aliphatic carboxylic acids is 2. The van der Waals surface area contributed by atoms with Gasteiger partial charge in [0.1, 0.15) is 22.8 Å². The number of anilines is 1. The number of hydrogen-bond donors (Lipinski definition) is 4. The first-order valence-corrected chi connectivity index (χ1v) is 12.9. The molecular weight excluding hydrogens is 540 g/mol. The molecule has 0 radical (unpaired) electrons. The maximum Gasteiger partial charge on any atom is 0.352 e. The van der Waals surface area contributed by atoms with E-state index in [2.05, 4.69) is 20.5 Å². The Morgan fingerprint density at radius 3 is 2.87 bits per heavy atom. The van der Waals surface area contributed by atoms with E-state index in [-0.39, 0.29) is 23.8 Å². The molecule has 196 valence electrons. The molecule has 3 aromatic heterocycles. The predicted molar refractivity (Wildman–Crippen MR) is 133 cm³/mol. The number of rotatable bonds is 9. The van der Waals surface area contributed by atoms with Gasteiger partial charge in [0.2, 0.25) is 12.5 Å². The van der Waals surface area contributed by atoms with Gasteiger partial charge in [-0.05, 0) is 11.4 Å². The third kappa shape index (κ3) is 4.78. The van der Waals surface area contributed by atoms with E-state index in [0.29, 0.717) is 11.3 Å². The van der Waals surface area contributed by atoms with Crippen molar-refractivity contribution in [2.75, 3.05) is 18.1 Å². The molecule has 5 rings (SSSR count). The van der Waals surface area contributed by atoms with Crippen molar-refractivity contribution in [3.05, 3.63) is 52.9 Å². The molecule has 0 aliphatic carbocycles. The van der Waals surface area contributed by atoms with Crippen LogP contribution in [0, 0.1) is 0 Å². The molecule has 14 nitrogen and oxygen atoms in total. The molecule has 2 amide bonds. The van der Waals surface area contributed by atoms with Gasteiger partial charge in [0.25, 0.3) is 11.8 Å². The molecule has 2 atom stereocenters. The van der Waals surface area contributed by atoms with Gasteiger partial charge in [0, 0.05) is 28.2 Å². The smallest absolute Gasteiger partial charge is 0.352 e. The lowest BCUT2D eigenvalue weighted by Crippen LogP contribution is -2.71. The number of nitrogens with one attached hydrogen (secondary N) is 1. The average molecular weight is 560 g/mol. The van der Waals surface area contributed by atoms with Crippen LogP contribution in [-0.2, 0) is 30.6 Å². The van der Waals surface area contributed by atoms with E-state index >= 15 is 0 Å². The third-order valence-electron chi connectivity index (χ3n) is 5.69. The first-order valence-electron chi connectivity index (χ1n) is 10.9. The number of carboxylic acid groups (broad SMARTS) is 2. The van der Waals surface area contributed by atoms with Gasteiger partial charge in [0.15, 0.2) is 24.7 Å². The summed E-state index contributed by atoms with van der Waals surface area (Å²) in [6, 6.07) is 4.03. The van der Waals surface area contributed by atoms with Crippen molar-refractivity contribution in [2.24, 2.45) is 5.16 Å². The van der Waals surface area contributed by atoms with E-state index in [1.165, 1.54) is 17.8 Å². The number of nitrogens with zero attached hydrogens (tertiary/aromatic N) is 4. The number of nitrogen functional groups attached to an aromatic ring is 1. The number of hydrogen-bond acceptors (Lipinski definition) is 11. The van der Waals surface area contributed by atoms with Crippen molar-refractivity contribution in [2.45, 2.75) is 18.0 Å². The number of aromatic nitrogens is 2. The fraction of sp³-hybridized carbons (Fsp3) is 0.227. The maximum absolute atomic E-state index is 13.0. The number of nitrogens with two attached hydrogens (primary N) is 1. The summed E-state index contributed by atoms with van der Waals surface area (Å²) in [5, 5.41) is 30.6. The highest BCUT2D eigenvalue weighted by Crippen LogP contribution is 2.40. The van der Waals surface area contributed by atoms with Gasteiger partial charge in [0.05, 0.1) is 5.39 Å². The van der Waals surface area contributed by atoms with E-state index < -0.39 is 47.5 Å². The monoisotopic (exact) mass is 559 g/mol. The van der Waals surface area contributed by atoms with Gasteiger partial charge >= 0.3 is 11.9 Å². The van der Waals surface area contributed by atoms with Gasteiger partial charge in [-0.2, -0.15) is 0 Å². The van der Waals surface area contributed by atoms with Crippen LogP contribution in [0.1, 0.15) is 5.69 Å². The van der Waals surface area contributed by atoms with Crippen molar-refractivity contribution in [3.8, 4) is 0 Å². The highest BCUT2D eigenvalue weighted by atomic mass is 32.2. The summed E-state index contributed by atoms with van der Waals surface area (Å²) in [4.78, 5) is 54.8. The highest BCUT2D eigenvalue weighted by molar-refractivity contribution is 8.00. The lowest BCUT2D eigenvalue weighted by atomic mass is 10.0. The third-order valence-corrected chi connectivity index (χ3v) is 7.93. The van der Waals surface area contributed by atoms with Crippen molar-refractivity contribution < 1.29 is 43.3 Å². The molecular formula is C22H19N6O8S2+. The molecule has 1 saturated heterocycles.